The summed E-state index contributed by atoms with van der Waals surface area (Å²) in [6.45, 7) is 3.89. The number of ether oxygens (including phenoxy) is 1. The molecule has 1 aliphatic carbocycles. The summed E-state index contributed by atoms with van der Waals surface area (Å²) >= 11 is 0. The minimum Gasteiger partial charge on any atom is -0.486 e. The second kappa shape index (κ2) is 11.2. The zero-order valence-electron chi connectivity index (χ0n) is 21.1. The number of alkyl halides is 3. The molecule has 4 rings (SSSR count). The van der Waals surface area contributed by atoms with Gasteiger partial charge in [0, 0.05) is 29.8 Å². The summed E-state index contributed by atoms with van der Waals surface area (Å²) < 4.78 is 45.3. The largest absolute Gasteiger partial charge is 0.486 e. The first-order valence-corrected chi connectivity index (χ1v) is 12.6. The van der Waals surface area contributed by atoms with Gasteiger partial charge in [0.05, 0.1) is 24.1 Å². The van der Waals surface area contributed by atoms with Gasteiger partial charge in [-0.1, -0.05) is 32.0 Å². The van der Waals surface area contributed by atoms with Crippen LogP contribution in [0.2, 0.25) is 0 Å². The van der Waals surface area contributed by atoms with Gasteiger partial charge in [-0.2, -0.15) is 13.2 Å². The van der Waals surface area contributed by atoms with Crippen LogP contribution >= 0.6 is 0 Å². The molecule has 4 atom stereocenters. The summed E-state index contributed by atoms with van der Waals surface area (Å²) in [5.41, 5.74) is 0.177. The average molecular weight is 533 g/mol. The number of hydrogen-bond donors (Lipinski definition) is 3. The second-order valence-corrected chi connectivity index (χ2v) is 9.94. The summed E-state index contributed by atoms with van der Waals surface area (Å²) in [7, 11) is 0. The lowest BCUT2D eigenvalue weighted by Gasteiger charge is -2.41. The smallest absolute Gasteiger partial charge is 0.416 e. The monoisotopic (exact) mass is 532 g/mol. The molecule has 0 radical (unpaired) electrons. The van der Waals surface area contributed by atoms with E-state index in [9.17, 15) is 33.0 Å². The standard InChI is InChI=1S/C28H31F3N2O5/c1-16(2)11-13-33(27(37)17-7-9-18(10-8-17)28(29,30)31)21-15-20(26(36)32-12-14-34)23-19-5-3-4-6-22(19)38-25(23)24(21)35/h3-10,15-16,21,23-25,34-35H,11-14H2,1-2H3,(H,32,36)/t21-,23+,24+,25+/m1/s1. The summed E-state index contributed by atoms with van der Waals surface area (Å²) in [4.78, 5) is 28.2. The maximum absolute atomic E-state index is 13.7. The Labute approximate surface area is 218 Å². The maximum Gasteiger partial charge on any atom is 0.416 e. The molecule has 2 amide bonds. The van der Waals surface area contributed by atoms with E-state index in [0.29, 0.717) is 17.7 Å². The van der Waals surface area contributed by atoms with Crippen molar-refractivity contribution in [1.82, 2.24) is 10.2 Å². The number of para-hydroxylation sites is 1. The van der Waals surface area contributed by atoms with Crippen LogP contribution in [0.3, 0.4) is 0 Å². The van der Waals surface area contributed by atoms with E-state index in [4.69, 9.17) is 4.74 Å². The molecule has 0 bridgehead atoms. The molecule has 7 nitrogen and oxygen atoms in total. The van der Waals surface area contributed by atoms with Gasteiger partial charge >= 0.3 is 6.18 Å². The molecule has 3 N–H and O–H groups in total. The number of aliphatic hydroxyl groups excluding tert-OH is 2. The third-order valence-corrected chi connectivity index (χ3v) is 6.90. The van der Waals surface area contributed by atoms with Gasteiger partial charge in [0.25, 0.3) is 5.91 Å². The van der Waals surface area contributed by atoms with Crippen LogP contribution < -0.4 is 10.1 Å². The number of carbonyl (C=O) groups excluding carboxylic acids is 2. The van der Waals surface area contributed by atoms with E-state index in [1.54, 1.807) is 24.3 Å². The topological polar surface area (TPSA) is 99.1 Å². The molecule has 0 saturated heterocycles. The van der Waals surface area contributed by atoms with Crippen molar-refractivity contribution < 1.29 is 37.7 Å². The van der Waals surface area contributed by atoms with Crippen molar-refractivity contribution in [2.24, 2.45) is 5.92 Å². The van der Waals surface area contributed by atoms with Crippen molar-refractivity contribution in [1.29, 1.82) is 0 Å². The number of hydrogen-bond acceptors (Lipinski definition) is 5. The van der Waals surface area contributed by atoms with Crippen molar-refractivity contribution >= 4 is 11.8 Å². The van der Waals surface area contributed by atoms with Crippen molar-refractivity contribution in [2.45, 2.75) is 50.6 Å². The van der Waals surface area contributed by atoms with Crippen molar-refractivity contribution in [3.05, 3.63) is 76.9 Å². The number of fused-ring (bicyclic) bond motifs is 3. The molecule has 1 aliphatic heterocycles. The molecular weight excluding hydrogens is 501 g/mol. The highest BCUT2D eigenvalue weighted by Gasteiger charge is 2.50. The average Bonchev–Trinajstić information content (AvgIpc) is 3.28. The van der Waals surface area contributed by atoms with Gasteiger partial charge in [0.2, 0.25) is 5.91 Å². The first-order valence-electron chi connectivity index (χ1n) is 12.6. The van der Waals surface area contributed by atoms with Gasteiger partial charge in [-0.25, -0.2) is 0 Å². The Bertz CT molecular complexity index is 1200. The van der Waals surface area contributed by atoms with E-state index < -0.39 is 47.7 Å². The predicted octanol–water partition coefficient (Wildman–Crippen LogP) is 3.52. The van der Waals surface area contributed by atoms with Crippen molar-refractivity contribution in [3.63, 3.8) is 0 Å². The first kappa shape index (κ1) is 27.7. The van der Waals surface area contributed by atoms with Crippen LogP contribution in [0, 0.1) is 5.92 Å². The van der Waals surface area contributed by atoms with Crippen LogP contribution in [-0.4, -0.2) is 64.9 Å². The van der Waals surface area contributed by atoms with Gasteiger partial charge in [0.1, 0.15) is 18.0 Å². The van der Waals surface area contributed by atoms with E-state index in [2.05, 4.69) is 5.32 Å². The molecular formula is C28H31F3N2O5. The molecule has 2 aliphatic rings. The number of halogens is 3. The molecule has 204 valence electrons. The molecule has 1 heterocycles. The Hall–Kier alpha value is -3.37. The Morgan fingerprint density at radius 2 is 1.79 bits per heavy atom. The fraction of sp³-hybridized carbons (Fsp3) is 0.429. The summed E-state index contributed by atoms with van der Waals surface area (Å²) in [6, 6.07) is 10.1. The van der Waals surface area contributed by atoms with Crippen LogP contribution in [0.25, 0.3) is 0 Å². The molecule has 0 spiro atoms. The van der Waals surface area contributed by atoms with Crippen LogP contribution in [0.5, 0.6) is 5.75 Å². The fourth-order valence-corrected chi connectivity index (χ4v) is 4.94. The van der Waals surface area contributed by atoms with Crippen LogP contribution in [0.4, 0.5) is 13.2 Å². The quantitative estimate of drug-likeness (QED) is 0.483. The van der Waals surface area contributed by atoms with Gasteiger partial charge in [0.15, 0.2) is 0 Å². The van der Waals surface area contributed by atoms with Crippen molar-refractivity contribution in [2.75, 3.05) is 19.7 Å². The third kappa shape index (κ3) is 5.56. The highest BCUT2D eigenvalue weighted by molar-refractivity contribution is 5.97. The number of nitrogens with zero attached hydrogens (tertiary/aromatic N) is 1. The lowest BCUT2D eigenvalue weighted by Crippen LogP contribution is -2.56. The normalized spacial score (nSPS) is 22.3. The molecule has 0 fully saturated rings. The van der Waals surface area contributed by atoms with Crippen LogP contribution in [0.1, 0.15) is 47.7 Å². The zero-order chi connectivity index (χ0) is 27.6. The lowest BCUT2D eigenvalue weighted by atomic mass is 9.77. The minimum atomic E-state index is -4.54. The van der Waals surface area contributed by atoms with Gasteiger partial charge in [-0.15, -0.1) is 0 Å². The number of amides is 2. The molecule has 10 heteroatoms. The van der Waals surface area contributed by atoms with E-state index in [0.717, 1.165) is 29.8 Å². The van der Waals surface area contributed by atoms with E-state index in [-0.39, 0.29) is 31.2 Å². The summed E-state index contributed by atoms with van der Waals surface area (Å²) in [6.07, 6.45) is -4.51. The molecule has 2 aromatic rings. The number of benzene rings is 2. The Morgan fingerprint density at radius 1 is 1.11 bits per heavy atom. The Kier molecular flexibility index (Phi) is 8.13. The molecule has 0 aromatic heterocycles. The van der Waals surface area contributed by atoms with Gasteiger partial charge in [-0.3, -0.25) is 9.59 Å². The van der Waals surface area contributed by atoms with Crippen molar-refractivity contribution in [3.8, 4) is 5.75 Å². The fourth-order valence-electron chi connectivity index (χ4n) is 4.94. The third-order valence-electron chi connectivity index (χ3n) is 6.90. The van der Waals surface area contributed by atoms with Crippen LogP contribution in [-0.2, 0) is 11.0 Å². The van der Waals surface area contributed by atoms with E-state index in [1.807, 2.05) is 19.9 Å². The first-order chi connectivity index (χ1) is 18.0. The van der Waals surface area contributed by atoms with Crippen LogP contribution in [0.15, 0.2) is 60.2 Å². The van der Waals surface area contributed by atoms with E-state index >= 15 is 0 Å². The maximum atomic E-state index is 13.7. The molecule has 0 saturated carbocycles. The number of carbonyl (C=O) groups is 2. The second-order valence-electron chi connectivity index (χ2n) is 9.94. The molecule has 2 aromatic carbocycles. The van der Waals surface area contributed by atoms with Gasteiger partial charge < -0.3 is 25.2 Å². The Balaban J connectivity index is 1.74. The number of rotatable bonds is 8. The predicted molar refractivity (Wildman–Crippen MR) is 134 cm³/mol. The van der Waals surface area contributed by atoms with Gasteiger partial charge in [-0.05, 0) is 48.7 Å². The van der Waals surface area contributed by atoms with E-state index in [1.165, 1.54) is 4.90 Å². The molecule has 0 unspecified atom stereocenters. The number of aliphatic hydroxyl groups is 2. The highest BCUT2D eigenvalue weighted by Crippen LogP contribution is 2.47. The summed E-state index contributed by atoms with van der Waals surface area (Å²) in [5, 5.41) is 23.3. The SMILES string of the molecule is CC(C)CCN(C(=O)c1ccc(C(F)(F)F)cc1)[C@@H]1C=C(C(=O)NCCO)[C@@H]2c3ccccc3O[C@@H]2[C@H]1O. The minimum absolute atomic E-state index is 0.0187. The lowest BCUT2D eigenvalue weighted by molar-refractivity contribution is -0.137. The Morgan fingerprint density at radius 3 is 2.42 bits per heavy atom. The highest BCUT2D eigenvalue weighted by atomic mass is 19.4. The number of nitrogens with one attached hydrogen (secondary N) is 1. The summed E-state index contributed by atoms with van der Waals surface area (Å²) in [5.74, 6) is -0.911. The molecule has 38 heavy (non-hydrogen) atoms. The zero-order valence-corrected chi connectivity index (χ0v) is 21.1.